The largest absolute Gasteiger partial charge is 0.497 e. The molecule has 3 aromatic rings. The van der Waals surface area contributed by atoms with Crippen molar-refractivity contribution in [2.45, 2.75) is 83.0 Å². The number of aliphatic carboxylic acids is 1. The summed E-state index contributed by atoms with van der Waals surface area (Å²) in [5.41, 5.74) is 5.54. The number of carboxylic acid groups (broad SMARTS) is 1. The number of hydrogen-bond donors (Lipinski definition) is 3. The maximum Gasteiger partial charge on any atom is 0.330 e. The van der Waals surface area contributed by atoms with Gasteiger partial charge >= 0.3 is 5.97 Å². The Kier molecular flexibility index (Phi) is 10.7. The third-order valence-electron chi connectivity index (χ3n) is 11.1. The minimum absolute atomic E-state index is 0.00306. The molecule has 3 aliphatic rings. The van der Waals surface area contributed by atoms with Gasteiger partial charge in [0.25, 0.3) is 0 Å². The molecule has 4 N–H and O–H groups in total. The number of amides is 4. The normalized spacial score (nSPS) is 24.4. The maximum atomic E-state index is 14.8. The van der Waals surface area contributed by atoms with E-state index in [9.17, 15) is 29.1 Å². The highest BCUT2D eigenvalue weighted by Crippen LogP contribution is 2.45. The van der Waals surface area contributed by atoms with Gasteiger partial charge in [-0.25, -0.2) is 9.78 Å². The summed E-state index contributed by atoms with van der Waals surface area (Å²) in [5.74, 6) is -3.44. The standard InChI is InChI=1S/C41H49N5O8/c1-6-25-22-41(25,39(51)52)44-37(49)33-19-27(54-34-21-30(24-12-8-7-9-13-24)43-31-18-26(53-5)15-16-28(31)34)23-46(33)38(50)29(40(2,3)4)20-35(47)45-17-11-10-14-32(45)36(42)48/h6-9,12-13,15-16,18,21,25,27,29,32-33H,1,10-11,14,17,19-20,22-23H2,2-5H3,(H2,42,48)(H,44,49)(H,51,52)/t25?,27-,29-,32?,33+,41?/m1/s1. The molecule has 3 unspecified atom stereocenters. The van der Waals surface area contributed by atoms with E-state index in [0.29, 0.717) is 41.1 Å². The molecule has 13 nitrogen and oxygen atoms in total. The van der Waals surface area contributed by atoms with Gasteiger partial charge in [-0.05, 0) is 43.2 Å². The smallest absolute Gasteiger partial charge is 0.330 e. The number of rotatable bonds is 12. The van der Waals surface area contributed by atoms with Crippen molar-refractivity contribution in [3.8, 4) is 22.8 Å². The first kappa shape index (κ1) is 38.3. The number of nitrogens with two attached hydrogens (primary N) is 1. The fourth-order valence-corrected chi connectivity index (χ4v) is 7.81. The Labute approximate surface area is 314 Å². The van der Waals surface area contributed by atoms with Gasteiger partial charge in [-0.1, -0.05) is 57.2 Å². The third-order valence-corrected chi connectivity index (χ3v) is 11.1. The molecule has 2 aliphatic heterocycles. The fourth-order valence-electron chi connectivity index (χ4n) is 7.81. The topological polar surface area (TPSA) is 181 Å². The number of carbonyl (C=O) groups is 5. The zero-order valence-electron chi connectivity index (χ0n) is 31.2. The van der Waals surface area contributed by atoms with E-state index in [4.69, 9.17) is 20.2 Å². The minimum atomic E-state index is -1.52. The van der Waals surface area contributed by atoms with E-state index in [2.05, 4.69) is 11.9 Å². The van der Waals surface area contributed by atoms with Crippen molar-refractivity contribution in [2.24, 2.45) is 23.0 Å². The molecule has 286 valence electrons. The number of ether oxygens (including phenoxy) is 2. The van der Waals surface area contributed by atoms with E-state index >= 15 is 0 Å². The van der Waals surface area contributed by atoms with E-state index in [0.717, 1.165) is 18.4 Å². The van der Waals surface area contributed by atoms with Gasteiger partial charge in [0.15, 0.2) is 0 Å². The Hall–Kier alpha value is -5.46. The van der Waals surface area contributed by atoms with Crippen LogP contribution in [0.25, 0.3) is 22.2 Å². The number of carbonyl (C=O) groups excluding carboxylic acids is 4. The lowest BCUT2D eigenvalue weighted by Crippen LogP contribution is -2.55. The van der Waals surface area contributed by atoms with Crippen molar-refractivity contribution in [3.63, 3.8) is 0 Å². The van der Waals surface area contributed by atoms with Crippen molar-refractivity contribution >= 4 is 40.5 Å². The summed E-state index contributed by atoms with van der Waals surface area (Å²) in [7, 11) is 1.57. The Morgan fingerprint density at radius 1 is 1.07 bits per heavy atom. The SMILES string of the molecule is C=CC1CC1(NC(=O)[C@@H]1C[C@@H](Oc2cc(-c3ccccc3)nc3cc(OC)ccc23)CN1C(=O)[C@@H](CC(=O)N1CCCCC1C(N)=O)C(C)(C)C)C(=O)O. The number of hydrogen-bond acceptors (Lipinski definition) is 8. The molecular formula is C41H49N5O8. The molecule has 0 bridgehead atoms. The van der Waals surface area contributed by atoms with Crippen molar-refractivity contribution in [1.82, 2.24) is 20.1 Å². The second-order valence-electron chi connectivity index (χ2n) is 15.7. The lowest BCUT2D eigenvalue weighted by atomic mass is 9.77. The van der Waals surface area contributed by atoms with Crippen molar-refractivity contribution in [2.75, 3.05) is 20.2 Å². The summed E-state index contributed by atoms with van der Waals surface area (Å²) in [5, 5.41) is 13.5. The quantitative estimate of drug-likeness (QED) is 0.228. The van der Waals surface area contributed by atoms with E-state index < -0.39 is 64.7 Å². The van der Waals surface area contributed by atoms with Gasteiger partial charge in [0.2, 0.25) is 23.6 Å². The number of piperidine rings is 1. The summed E-state index contributed by atoms with van der Waals surface area (Å²) in [6.45, 7) is 9.64. The van der Waals surface area contributed by atoms with Crippen LogP contribution in [0.4, 0.5) is 0 Å². The second kappa shape index (κ2) is 15.1. The van der Waals surface area contributed by atoms with Crippen LogP contribution in [0.2, 0.25) is 0 Å². The predicted molar refractivity (Wildman–Crippen MR) is 201 cm³/mol. The molecule has 2 aromatic carbocycles. The molecule has 0 spiro atoms. The molecule has 2 saturated heterocycles. The van der Waals surface area contributed by atoms with Gasteiger partial charge in [0, 0.05) is 48.4 Å². The van der Waals surface area contributed by atoms with Crippen molar-refractivity contribution in [3.05, 3.63) is 67.3 Å². The van der Waals surface area contributed by atoms with Crippen LogP contribution in [0, 0.1) is 17.3 Å². The van der Waals surface area contributed by atoms with E-state index in [1.807, 2.05) is 69.3 Å². The molecule has 1 aromatic heterocycles. The number of methoxy groups -OCH3 is 1. The molecule has 3 heterocycles. The van der Waals surface area contributed by atoms with Crippen LogP contribution in [0.15, 0.2) is 67.3 Å². The zero-order chi connectivity index (χ0) is 38.9. The summed E-state index contributed by atoms with van der Waals surface area (Å²) in [4.78, 5) is 75.2. The van der Waals surface area contributed by atoms with Crippen LogP contribution in [0.5, 0.6) is 11.5 Å². The second-order valence-corrected chi connectivity index (χ2v) is 15.7. The van der Waals surface area contributed by atoms with E-state index in [1.165, 1.54) is 15.9 Å². The monoisotopic (exact) mass is 739 g/mol. The molecule has 6 atom stereocenters. The first-order valence-corrected chi connectivity index (χ1v) is 18.4. The molecule has 6 rings (SSSR count). The summed E-state index contributed by atoms with van der Waals surface area (Å²) < 4.78 is 12.2. The van der Waals surface area contributed by atoms with E-state index in [-0.39, 0.29) is 31.7 Å². The molecule has 1 saturated carbocycles. The molecule has 4 amide bonds. The van der Waals surface area contributed by atoms with Crippen LogP contribution in [0.1, 0.15) is 59.3 Å². The molecule has 0 radical (unpaired) electrons. The van der Waals surface area contributed by atoms with Gasteiger partial charge in [-0.15, -0.1) is 6.58 Å². The zero-order valence-corrected chi connectivity index (χ0v) is 31.2. The van der Waals surface area contributed by atoms with Crippen LogP contribution in [-0.4, -0.2) is 93.4 Å². The predicted octanol–water partition coefficient (Wildman–Crippen LogP) is 4.32. The van der Waals surface area contributed by atoms with Crippen LogP contribution in [-0.2, 0) is 24.0 Å². The highest BCUT2D eigenvalue weighted by atomic mass is 16.5. The number of benzene rings is 2. The minimum Gasteiger partial charge on any atom is -0.497 e. The first-order valence-electron chi connectivity index (χ1n) is 18.4. The Balaban J connectivity index is 1.34. The number of nitrogens with zero attached hydrogens (tertiary/aromatic N) is 3. The van der Waals surface area contributed by atoms with Gasteiger partial charge in [-0.3, -0.25) is 19.2 Å². The summed E-state index contributed by atoms with van der Waals surface area (Å²) in [6.07, 6.45) is 2.82. The Morgan fingerprint density at radius 2 is 1.81 bits per heavy atom. The highest BCUT2D eigenvalue weighted by Gasteiger charge is 2.61. The first-order chi connectivity index (χ1) is 25.7. The molecular weight excluding hydrogens is 690 g/mol. The Bertz CT molecular complexity index is 1960. The van der Waals surface area contributed by atoms with Crippen molar-refractivity contribution < 1.29 is 38.6 Å². The number of nitrogens with one attached hydrogen (secondary N) is 1. The number of fused-ring (bicyclic) bond motifs is 1. The number of primary amides is 1. The number of pyridine rings is 1. The molecule has 3 fully saturated rings. The van der Waals surface area contributed by atoms with Gasteiger partial charge in [0.05, 0.1) is 30.8 Å². The average Bonchev–Trinajstić information content (AvgIpc) is 3.72. The van der Waals surface area contributed by atoms with Crippen LogP contribution >= 0.6 is 0 Å². The Morgan fingerprint density at radius 3 is 2.44 bits per heavy atom. The average molecular weight is 740 g/mol. The lowest BCUT2D eigenvalue weighted by molar-refractivity contribution is -0.151. The van der Waals surface area contributed by atoms with E-state index in [1.54, 1.807) is 13.2 Å². The lowest BCUT2D eigenvalue weighted by Gasteiger charge is -2.38. The summed E-state index contributed by atoms with van der Waals surface area (Å²) in [6, 6.07) is 15.0. The third kappa shape index (κ3) is 7.62. The number of likely N-dealkylation sites (tertiary alicyclic amines) is 2. The number of carboxylic acids is 1. The number of aromatic nitrogens is 1. The molecule has 54 heavy (non-hydrogen) atoms. The van der Waals surface area contributed by atoms with Crippen LogP contribution in [0.3, 0.4) is 0 Å². The van der Waals surface area contributed by atoms with Crippen LogP contribution < -0.4 is 20.5 Å². The maximum absolute atomic E-state index is 14.8. The van der Waals surface area contributed by atoms with Gasteiger partial charge in [-0.2, -0.15) is 0 Å². The molecule has 1 aliphatic carbocycles. The van der Waals surface area contributed by atoms with Crippen molar-refractivity contribution in [1.29, 1.82) is 0 Å². The fraction of sp³-hybridized carbons (Fsp3) is 0.463. The molecule has 13 heteroatoms. The van der Waals surface area contributed by atoms with Gasteiger partial charge < -0.3 is 35.4 Å². The highest BCUT2D eigenvalue weighted by molar-refractivity contribution is 5.96. The summed E-state index contributed by atoms with van der Waals surface area (Å²) >= 11 is 0. The van der Waals surface area contributed by atoms with Gasteiger partial charge in [0.1, 0.15) is 35.2 Å².